The Bertz CT molecular complexity index is 1640. The second-order valence-electron chi connectivity index (χ2n) is 7.69. The molecule has 0 fully saturated rings. The summed E-state index contributed by atoms with van der Waals surface area (Å²) in [7, 11) is 0. The Kier molecular flexibility index (Phi) is 5.44. The number of nitrogens with one attached hydrogen (secondary N) is 1. The first-order valence-electron chi connectivity index (χ1n) is 10.9. The predicted molar refractivity (Wildman–Crippen MR) is 135 cm³/mol. The van der Waals surface area contributed by atoms with Crippen LogP contribution in [0.4, 0.5) is 5.69 Å². The zero-order valence-corrected chi connectivity index (χ0v) is 19.1. The van der Waals surface area contributed by atoms with Gasteiger partial charge in [0.1, 0.15) is 17.7 Å². The lowest BCUT2D eigenvalue weighted by molar-refractivity contribution is 0.0997. The summed E-state index contributed by atoms with van der Waals surface area (Å²) in [6.07, 6.45) is 6.75. The molecule has 0 saturated heterocycles. The van der Waals surface area contributed by atoms with Gasteiger partial charge in [-0.05, 0) is 36.4 Å². The molecule has 6 rings (SSSR count). The molecule has 0 aliphatic carbocycles. The van der Waals surface area contributed by atoms with Gasteiger partial charge in [0.2, 0.25) is 0 Å². The topological polar surface area (TPSA) is 98.7 Å². The van der Waals surface area contributed by atoms with E-state index in [0.717, 1.165) is 22.0 Å². The van der Waals surface area contributed by atoms with Crippen LogP contribution in [0.3, 0.4) is 0 Å². The van der Waals surface area contributed by atoms with Crippen LogP contribution in [-0.2, 0) is 5.75 Å². The molecule has 1 amide bonds. The Labute approximate surface area is 204 Å². The van der Waals surface area contributed by atoms with Crippen molar-refractivity contribution < 1.29 is 9.21 Å². The van der Waals surface area contributed by atoms with Gasteiger partial charge in [0.15, 0.2) is 10.9 Å². The minimum atomic E-state index is -0.339. The summed E-state index contributed by atoms with van der Waals surface area (Å²) in [6, 6.07) is 20.9. The fourth-order valence-corrected chi connectivity index (χ4v) is 4.69. The number of pyridine rings is 1. The third kappa shape index (κ3) is 4.13. The summed E-state index contributed by atoms with van der Waals surface area (Å²) in [5.41, 5.74) is 3.87. The number of furan rings is 1. The van der Waals surface area contributed by atoms with E-state index in [1.54, 1.807) is 31.0 Å². The summed E-state index contributed by atoms with van der Waals surface area (Å²) in [5.74, 6) is 1.13. The van der Waals surface area contributed by atoms with Crippen molar-refractivity contribution in [3.8, 4) is 5.82 Å². The van der Waals surface area contributed by atoms with E-state index in [2.05, 4.69) is 25.3 Å². The fourth-order valence-electron chi connectivity index (χ4n) is 3.85. The number of carbonyl (C=O) groups excluding carboxylic acids is 1. The maximum absolute atomic E-state index is 13.2. The lowest BCUT2D eigenvalue weighted by atomic mass is 10.1. The normalized spacial score (nSPS) is 11.2. The minimum absolute atomic E-state index is 0.263. The van der Waals surface area contributed by atoms with Crippen molar-refractivity contribution in [3.63, 3.8) is 0 Å². The van der Waals surface area contributed by atoms with Crippen molar-refractivity contribution in [1.82, 2.24) is 24.5 Å². The molecule has 8 nitrogen and oxygen atoms in total. The van der Waals surface area contributed by atoms with Gasteiger partial charge in [0.05, 0.1) is 22.9 Å². The summed E-state index contributed by atoms with van der Waals surface area (Å²) in [5, 5.41) is 4.43. The number of benzene rings is 2. The summed E-state index contributed by atoms with van der Waals surface area (Å²) < 4.78 is 7.86. The lowest BCUT2D eigenvalue weighted by Gasteiger charge is -2.07. The molecule has 35 heavy (non-hydrogen) atoms. The van der Waals surface area contributed by atoms with Crippen LogP contribution in [0.5, 0.6) is 0 Å². The van der Waals surface area contributed by atoms with E-state index >= 15 is 0 Å². The van der Waals surface area contributed by atoms with Gasteiger partial charge in [-0.15, -0.1) is 0 Å². The smallest absolute Gasteiger partial charge is 0.291 e. The molecule has 0 atom stereocenters. The van der Waals surface area contributed by atoms with E-state index < -0.39 is 0 Å². The van der Waals surface area contributed by atoms with Crippen LogP contribution in [0.2, 0.25) is 0 Å². The molecule has 0 aliphatic heterocycles. The molecule has 4 heterocycles. The zero-order valence-electron chi connectivity index (χ0n) is 18.3. The van der Waals surface area contributed by atoms with Crippen LogP contribution in [0.15, 0.2) is 101 Å². The molecular formula is C26H18N6O2S. The third-order valence-electron chi connectivity index (χ3n) is 5.50. The van der Waals surface area contributed by atoms with Crippen LogP contribution >= 0.6 is 11.8 Å². The highest BCUT2D eigenvalue weighted by Gasteiger charge is 2.21. The number of amides is 1. The molecule has 0 aliphatic rings. The number of hydrogen-bond acceptors (Lipinski definition) is 7. The highest BCUT2D eigenvalue weighted by molar-refractivity contribution is 7.98. The molecule has 9 heteroatoms. The van der Waals surface area contributed by atoms with Crippen molar-refractivity contribution in [2.45, 2.75) is 10.9 Å². The van der Waals surface area contributed by atoms with E-state index in [4.69, 9.17) is 4.42 Å². The number of imidazole rings is 1. The van der Waals surface area contributed by atoms with E-state index in [1.807, 2.05) is 65.2 Å². The molecule has 4 aromatic heterocycles. The summed E-state index contributed by atoms with van der Waals surface area (Å²) >= 11 is 1.45. The Hall–Kier alpha value is -4.50. The first-order valence-corrected chi connectivity index (χ1v) is 11.8. The maximum atomic E-state index is 13.2. The summed E-state index contributed by atoms with van der Waals surface area (Å²) in [6.45, 7) is 0. The third-order valence-corrected chi connectivity index (χ3v) is 6.40. The first kappa shape index (κ1) is 21.1. The van der Waals surface area contributed by atoms with Crippen molar-refractivity contribution >= 4 is 45.4 Å². The molecule has 0 spiro atoms. The number of hydrogen-bond donors (Lipinski definition) is 1. The Morgan fingerprint density at radius 2 is 1.74 bits per heavy atom. The highest BCUT2D eigenvalue weighted by Crippen LogP contribution is 2.31. The Morgan fingerprint density at radius 3 is 2.60 bits per heavy atom. The number of para-hydroxylation sites is 3. The molecule has 170 valence electrons. The molecular weight excluding hydrogens is 460 g/mol. The van der Waals surface area contributed by atoms with Gasteiger partial charge in [0.25, 0.3) is 5.91 Å². The van der Waals surface area contributed by atoms with Gasteiger partial charge in [-0.2, -0.15) is 0 Å². The standard InChI is InChI=1S/C26H18N6O2S/c33-25(31-17-10-11-23(29-14-17)32-16-30-20-7-2-3-8-21(20)32)24-19(15-35-26-27-12-5-13-28-26)18-6-1-4-9-22(18)34-24/h1-14,16H,15H2,(H,31,33). The number of rotatable bonds is 6. The van der Waals surface area contributed by atoms with Crippen LogP contribution in [0.1, 0.15) is 16.1 Å². The predicted octanol–water partition coefficient (Wildman–Crippen LogP) is 5.50. The Balaban J connectivity index is 1.26. The van der Waals surface area contributed by atoms with Crippen LogP contribution in [0.25, 0.3) is 27.8 Å². The monoisotopic (exact) mass is 478 g/mol. The second-order valence-corrected chi connectivity index (χ2v) is 8.63. The maximum Gasteiger partial charge on any atom is 0.291 e. The van der Waals surface area contributed by atoms with Gasteiger partial charge < -0.3 is 9.73 Å². The van der Waals surface area contributed by atoms with E-state index in [-0.39, 0.29) is 11.7 Å². The lowest BCUT2D eigenvalue weighted by Crippen LogP contribution is -2.13. The summed E-state index contributed by atoms with van der Waals surface area (Å²) in [4.78, 5) is 30.6. The zero-order chi connectivity index (χ0) is 23.6. The number of aromatic nitrogens is 5. The van der Waals surface area contributed by atoms with Crippen LogP contribution in [-0.4, -0.2) is 30.4 Å². The van der Waals surface area contributed by atoms with Gasteiger partial charge in [-0.1, -0.05) is 42.1 Å². The molecule has 0 radical (unpaired) electrons. The SMILES string of the molecule is O=C(Nc1ccc(-n2cnc3ccccc32)nc1)c1oc2ccccc2c1CSc1ncccn1. The van der Waals surface area contributed by atoms with Crippen LogP contribution < -0.4 is 5.32 Å². The van der Waals surface area contributed by atoms with Crippen molar-refractivity contribution in [2.24, 2.45) is 0 Å². The number of thioether (sulfide) groups is 1. The van der Waals surface area contributed by atoms with Gasteiger partial charge in [0, 0.05) is 29.1 Å². The van der Waals surface area contributed by atoms with Crippen LogP contribution in [0, 0.1) is 0 Å². The molecule has 0 bridgehead atoms. The second kappa shape index (κ2) is 9.03. The van der Waals surface area contributed by atoms with Gasteiger partial charge in [-0.25, -0.2) is 19.9 Å². The van der Waals surface area contributed by atoms with Gasteiger partial charge in [-0.3, -0.25) is 9.36 Å². The van der Waals surface area contributed by atoms with Crippen molar-refractivity contribution in [2.75, 3.05) is 5.32 Å². The average molecular weight is 479 g/mol. The quantitative estimate of drug-likeness (QED) is 0.249. The highest BCUT2D eigenvalue weighted by atomic mass is 32.2. The van der Waals surface area contributed by atoms with Gasteiger partial charge >= 0.3 is 0 Å². The van der Waals surface area contributed by atoms with E-state index in [1.165, 1.54) is 11.8 Å². The fraction of sp³-hybridized carbons (Fsp3) is 0.0385. The molecule has 1 N–H and O–H groups in total. The largest absolute Gasteiger partial charge is 0.451 e. The molecule has 0 saturated carbocycles. The Morgan fingerprint density at radius 1 is 0.914 bits per heavy atom. The van der Waals surface area contributed by atoms with Crippen molar-refractivity contribution in [1.29, 1.82) is 0 Å². The molecule has 6 aromatic rings. The van der Waals surface area contributed by atoms with E-state index in [0.29, 0.717) is 28.0 Å². The van der Waals surface area contributed by atoms with E-state index in [9.17, 15) is 4.79 Å². The molecule has 0 unspecified atom stereocenters. The minimum Gasteiger partial charge on any atom is -0.451 e. The first-order chi connectivity index (χ1) is 17.3. The number of nitrogens with zero attached hydrogens (tertiary/aromatic N) is 5. The average Bonchev–Trinajstić information content (AvgIpc) is 3.50. The number of carbonyl (C=O) groups is 1. The number of anilines is 1. The van der Waals surface area contributed by atoms with Crippen molar-refractivity contribution in [3.05, 3.63) is 103 Å². The molecule has 2 aromatic carbocycles. The number of fused-ring (bicyclic) bond motifs is 2.